The maximum absolute atomic E-state index is 13.8. The molecule has 0 saturated carbocycles. The molecule has 0 bridgehead atoms. The number of rotatable bonds is 4. The molecule has 1 aromatic carbocycles. The second-order valence-corrected chi connectivity index (χ2v) is 9.93. The van der Waals surface area contributed by atoms with E-state index in [2.05, 4.69) is 22.2 Å². The van der Waals surface area contributed by atoms with E-state index in [-0.39, 0.29) is 29.4 Å². The lowest BCUT2D eigenvalue weighted by Gasteiger charge is -2.47. The molecule has 0 radical (unpaired) electrons. The van der Waals surface area contributed by atoms with E-state index in [9.17, 15) is 9.59 Å². The third-order valence-corrected chi connectivity index (χ3v) is 7.53. The van der Waals surface area contributed by atoms with Gasteiger partial charge in [0.15, 0.2) is 5.82 Å². The first kappa shape index (κ1) is 21.9. The van der Waals surface area contributed by atoms with Gasteiger partial charge in [0, 0.05) is 23.6 Å². The number of carbonyl (C=O) groups excluding carboxylic acids is 1. The van der Waals surface area contributed by atoms with Crippen molar-refractivity contribution in [3.8, 4) is 5.69 Å². The van der Waals surface area contributed by atoms with Crippen LogP contribution in [0, 0.1) is 5.92 Å². The van der Waals surface area contributed by atoms with Gasteiger partial charge in [0.2, 0.25) is 5.95 Å². The van der Waals surface area contributed by atoms with Gasteiger partial charge in [-0.05, 0) is 30.5 Å². The van der Waals surface area contributed by atoms with Gasteiger partial charge in [0.05, 0.1) is 29.0 Å². The summed E-state index contributed by atoms with van der Waals surface area (Å²) in [4.78, 5) is 38.1. The largest absolute Gasteiger partial charge is 0.368 e. The van der Waals surface area contributed by atoms with Crippen LogP contribution < -0.4 is 21.5 Å². The fourth-order valence-corrected chi connectivity index (χ4v) is 5.55. The lowest BCUT2D eigenvalue weighted by atomic mass is 9.88. The second-order valence-electron chi connectivity index (χ2n) is 8.64. The summed E-state index contributed by atoms with van der Waals surface area (Å²) in [6, 6.07) is 9.04. The molecule has 1 saturated heterocycles. The van der Waals surface area contributed by atoms with Crippen LogP contribution in [0.4, 0.5) is 11.8 Å². The molecule has 0 unspecified atom stereocenters. The number of amides is 1. The van der Waals surface area contributed by atoms with Gasteiger partial charge in [-0.15, -0.1) is 11.8 Å². The predicted molar refractivity (Wildman–Crippen MR) is 134 cm³/mol. The van der Waals surface area contributed by atoms with Crippen molar-refractivity contribution < 1.29 is 4.79 Å². The van der Waals surface area contributed by atoms with Crippen LogP contribution >= 0.6 is 23.4 Å². The molecular weight excluding hydrogens is 488 g/mol. The number of benzene rings is 1. The Kier molecular flexibility index (Phi) is 5.01. The van der Waals surface area contributed by atoms with Crippen LogP contribution in [-0.4, -0.2) is 42.9 Å². The van der Waals surface area contributed by atoms with E-state index in [1.54, 1.807) is 28.6 Å². The number of nitrogens with two attached hydrogens (primary N) is 1. The summed E-state index contributed by atoms with van der Waals surface area (Å²) in [7, 11) is 0. The smallest absolute Gasteiger partial charge is 0.284 e. The highest BCUT2D eigenvalue weighted by molar-refractivity contribution is 7.98. The number of fused-ring (bicyclic) bond motifs is 2. The van der Waals surface area contributed by atoms with Crippen molar-refractivity contribution in [2.45, 2.75) is 24.4 Å². The SMILES string of the molecule is CSc1cccc(-n2c([C@@H]3[C@@H](C)CN3c3nc(N)nc4c3C(=O)NC4)nn3ccc(Cl)c3c2=O)c1. The van der Waals surface area contributed by atoms with Crippen LogP contribution in [0.3, 0.4) is 0 Å². The van der Waals surface area contributed by atoms with Gasteiger partial charge in [-0.3, -0.25) is 14.2 Å². The van der Waals surface area contributed by atoms with Crippen LogP contribution in [-0.2, 0) is 6.54 Å². The van der Waals surface area contributed by atoms with Crippen molar-refractivity contribution in [2.75, 3.05) is 23.4 Å². The Bertz CT molecular complexity index is 1580. The summed E-state index contributed by atoms with van der Waals surface area (Å²) >= 11 is 7.95. The minimum atomic E-state index is -0.335. The molecule has 178 valence electrons. The number of halogens is 1. The van der Waals surface area contributed by atoms with Crippen LogP contribution in [0.5, 0.6) is 0 Å². The molecule has 2 aliphatic rings. The molecule has 12 heteroatoms. The van der Waals surface area contributed by atoms with Gasteiger partial charge in [0.1, 0.15) is 16.9 Å². The predicted octanol–water partition coefficient (Wildman–Crippen LogP) is 2.67. The van der Waals surface area contributed by atoms with Gasteiger partial charge < -0.3 is 16.0 Å². The summed E-state index contributed by atoms with van der Waals surface area (Å²) in [5.41, 5.74) is 7.69. The molecule has 4 aromatic rings. The van der Waals surface area contributed by atoms with E-state index in [0.29, 0.717) is 52.2 Å². The van der Waals surface area contributed by atoms with Crippen LogP contribution in [0.25, 0.3) is 11.2 Å². The van der Waals surface area contributed by atoms with Gasteiger partial charge in [-0.1, -0.05) is 24.6 Å². The zero-order valence-electron chi connectivity index (χ0n) is 18.9. The molecule has 0 aliphatic carbocycles. The number of nitrogens with zero attached hydrogens (tertiary/aromatic N) is 6. The number of hydrogen-bond acceptors (Lipinski definition) is 8. The zero-order chi connectivity index (χ0) is 24.4. The van der Waals surface area contributed by atoms with Crippen molar-refractivity contribution in [1.82, 2.24) is 29.5 Å². The maximum atomic E-state index is 13.8. The molecule has 5 heterocycles. The lowest BCUT2D eigenvalue weighted by molar-refractivity contribution is 0.0965. The minimum absolute atomic E-state index is 0.0965. The normalized spacial score (nSPS) is 19.1. The molecular formula is C23H21ClN8O2S. The van der Waals surface area contributed by atoms with Gasteiger partial charge in [-0.25, -0.2) is 9.50 Å². The highest BCUT2D eigenvalue weighted by Gasteiger charge is 2.44. The van der Waals surface area contributed by atoms with Crippen LogP contribution in [0.15, 0.2) is 46.2 Å². The van der Waals surface area contributed by atoms with E-state index in [4.69, 9.17) is 22.4 Å². The number of anilines is 2. The monoisotopic (exact) mass is 508 g/mol. The summed E-state index contributed by atoms with van der Waals surface area (Å²) < 4.78 is 3.13. The molecule has 10 nitrogen and oxygen atoms in total. The Morgan fingerprint density at radius 1 is 1.23 bits per heavy atom. The summed E-state index contributed by atoms with van der Waals surface area (Å²) in [5, 5.41) is 7.97. The minimum Gasteiger partial charge on any atom is -0.368 e. The Morgan fingerprint density at radius 2 is 2.06 bits per heavy atom. The average molecular weight is 509 g/mol. The molecule has 35 heavy (non-hydrogen) atoms. The zero-order valence-corrected chi connectivity index (χ0v) is 20.5. The van der Waals surface area contributed by atoms with Crippen molar-refractivity contribution in [3.63, 3.8) is 0 Å². The van der Waals surface area contributed by atoms with E-state index >= 15 is 0 Å². The maximum Gasteiger partial charge on any atom is 0.284 e. The number of thioether (sulfide) groups is 1. The summed E-state index contributed by atoms with van der Waals surface area (Å²) in [6.07, 6.45) is 3.65. The standard InChI is InChI=1S/C23H21ClN8O2S/c1-11-10-30(19-16-15(9-26-21(16)33)27-23(25)28-19)17(11)20-29-31-7-6-14(24)18(31)22(34)32(20)12-4-3-5-13(8-12)35-2/h3-8,11,17H,9-10H2,1-2H3,(H,26,33)(H2,25,27,28)/t11-,17-/m0/s1. The van der Waals surface area contributed by atoms with Crippen molar-refractivity contribution >= 4 is 46.6 Å². The Hall–Kier alpha value is -3.57. The van der Waals surface area contributed by atoms with E-state index < -0.39 is 0 Å². The summed E-state index contributed by atoms with van der Waals surface area (Å²) in [6.45, 7) is 3.00. The van der Waals surface area contributed by atoms with Crippen LogP contribution in [0.2, 0.25) is 5.02 Å². The molecule has 1 amide bonds. The number of nitrogen functional groups attached to an aromatic ring is 1. The third-order valence-electron chi connectivity index (χ3n) is 6.50. The first-order valence-electron chi connectivity index (χ1n) is 11.0. The second kappa shape index (κ2) is 7.99. The Labute approximate surface area is 209 Å². The third kappa shape index (κ3) is 3.29. The van der Waals surface area contributed by atoms with E-state index in [1.807, 2.05) is 35.4 Å². The molecule has 3 aromatic heterocycles. The fourth-order valence-electron chi connectivity index (χ4n) is 4.88. The lowest BCUT2D eigenvalue weighted by Crippen LogP contribution is -2.52. The molecule has 2 atom stereocenters. The first-order valence-corrected chi connectivity index (χ1v) is 12.6. The number of nitrogens with one attached hydrogen (secondary N) is 1. The van der Waals surface area contributed by atoms with Gasteiger partial charge in [-0.2, -0.15) is 10.1 Å². The highest BCUT2D eigenvalue weighted by Crippen LogP contribution is 2.43. The van der Waals surface area contributed by atoms with Crippen molar-refractivity contribution in [1.29, 1.82) is 0 Å². The first-order chi connectivity index (χ1) is 16.9. The van der Waals surface area contributed by atoms with E-state index in [1.165, 1.54) is 4.52 Å². The quantitative estimate of drug-likeness (QED) is 0.403. The van der Waals surface area contributed by atoms with Crippen molar-refractivity contribution in [3.05, 3.63) is 69.0 Å². The molecule has 1 fully saturated rings. The summed E-state index contributed by atoms with van der Waals surface area (Å²) in [5.74, 6) is 0.959. The van der Waals surface area contributed by atoms with Crippen LogP contribution in [0.1, 0.15) is 34.8 Å². The van der Waals surface area contributed by atoms with E-state index in [0.717, 1.165) is 4.90 Å². The number of carbonyl (C=O) groups is 1. The van der Waals surface area contributed by atoms with Gasteiger partial charge >= 0.3 is 0 Å². The number of aromatic nitrogens is 5. The average Bonchev–Trinajstić information content (AvgIpc) is 3.39. The fraction of sp³-hybridized carbons (Fsp3) is 0.261. The topological polar surface area (TPSA) is 123 Å². The Balaban J connectivity index is 1.59. The highest BCUT2D eigenvalue weighted by atomic mass is 35.5. The molecule has 2 aliphatic heterocycles. The van der Waals surface area contributed by atoms with Crippen molar-refractivity contribution in [2.24, 2.45) is 5.92 Å². The van der Waals surface area contributed by atoms with Gasteiger partial charge in [0.25, 0.3) is 11.5 Å². The Morgan fingerprint density at radius 3 is 2.83 bits per heavy atom. The molecule has 6 rings (SSSR count). The molecule has 3 N–H and O–H groups in total. The molecule has 0 spiro atoms. The number of hydrogen-bond donors (Lipinski definition) is 2.